The van der Waals surface area contributed by atoms with E-state index in [4.69, 9.17) is 15.2 Å². The van der Waals surface area contributed by atoms with Crippen LogP contribution < -0.4 is 10.5 Å². The topological polar surface area (TPSA) is 61.5 Å². The van der Waals surface area contributed by atoms with Gasteiger partial charge in [-0.15, -0.1) is 0 Å². The number of rotatable bonds is 5. The molecule has 17 heavy (non-hydrogen) atoms. The van der Waals surface area contributed by atoms with Crippen LogP contribution in [0.25, 0.3) is 0 Å². The zero-order valence-corrected chi connectivity index (χ0v) is 10.5. The SMILES string of the molecule is CCOC(=O)C(C)Oc1c(C)cccc1CN. The van der Waals surface area contributed by atoms with Crippen LogP contribution in [-0.2, 0) is 16.1 Å². The Balaban J connectivity index is 2.83. The lowest BCUT2D eigenvalue weighted by atomic mass is 10.1. The summed E-state index contributed by atoms with van der Waals surface area (Å²) in [5.74, 6) is 0.314. The summed E-state index contributed by atoms with van der Waals surface area (Å²) in [4.78, 5) is 11.5. The Labute approximate surface area is 102 Å². The second kappa shape index (κ2) is 6.25. The van der Waals surface area contributed by atoms with Gasteiger partial charge in [-0.25, -0.2) is 4.79 Å². The van der Waals surface area contributed by atoms with Crippen LogP contribution in [0.3, 0.4) is 0 Å². The second-order valence-corrected chi connectivity index (χ2v) is 3.78. The van der Waals surface area contributed by atoms with Gasteiger partial charge in [0.25, 0.3) is 0 Å². The van der Waals surface area contributed by atoms with E-state index in [1.165, 1.54) is 0 Å². The summed E-state index contributed by atoms with van der Waals surface area (Å²) in [6.45, 7) is 6.09. The molecule has 1 atom stereocenters. The Hall–Kier alpha value is -1.55. The van der Waals surface area contributed by atoms with E-state index in [-0.39, 0.29) is 5.97 Å². The molecule has 0 saturated heterocycles. The molecule has 1 aromatic carbocycles. The molecule has 1 rings (SSSR count). The summed E-state index contributed by atoms with van der Waals surface area (Å²) >= 11 is 0. The number of aryl methyl sites for hydroxylation is 1. The second-order valence-electron chi connectivity index (χ2n) is 3.78. The zero-order valence-electron chi connectivity index (χ0n) is 10.5. The number of carbonyl (C=O) groups is 1. The van der Waals surface area contributed by atoms with Crippen molar-refractivity contribution in [1.82, 2.24) is 0 Å². The fraction of sp³-hybridized carbons (Fsp3) is 0.462. The van der Waals surface area contributed by atoms with Crippen molar-refractivity contribution in [2.24, 2.45) is 5.73 Å². The van der Waals surface area contributed by atoms with Gasteiger partial charge in [0.15, 0.2) is 6.10 Å². The Morgan fingerprint density at radius 2 is 2.18 bits per heavy atom. The molecule has 0 aliphatic carbocycles. The van der Waals surface area contributed by atoms with Crippen molar-refractivity contribution in [2.75, 3.05) is 6.61 Å². The number of esters is 1. The van der Waals surface area contributed by atoms with Crippen molar-refractivity contribution in [1.29, 1.82) is 0 Å². The molecule has 0 heterocycles. The van der Waals surface area contributed by atoms with Crippen LogP contribution >= 0.6 is 0 Å². The van der Waals surface area contributed by atoms with Crippen molar-refractivity contribution in [3.63, 3.8) is 0 Å². The van der Waals surface area contributed by atoms with Gasteiger partial charge in [0.2, 0.25) is 0 Å². The Morgan fingerprint density at radius 3 is 2.76 bits per heavy atom. The molecule has 4 heteroatoms. The summed E-state index contributed by atoms with van der Waals surface area (Å²) in [5, 5.41) is 0. The van der Waals surface area contributed by atoms with E-state index in [1.807, 2.05) is 25.1 Å². The number of para-hydroxylation sites is 1. The van der Waals surface area contributed by atoms with Crippen LogP contribution in [0.4, 0.5) is 0 Å². The lowest BCUT2D eigenvalue weighted by Gasteiger charge is -2.17. The Morgan fingerprint density at radius 1 is 1.47 bits per heavy atom. The normalized spacial score (nSPS) is 12.0. The molecular weight excluding hydrogens is 218 g/mol. The summed E-state index contributed by atoms with van der Waals surface area (Å²) in [6.07, 6.45) is -0.624. The standard InChI is InChI=1S/C13H19NO3/c1-4-16-13(15)10(3)17-12-9(2)6-5-7-11(12)8-14/h5-7,10H,4,8,14H2,1-3H3. The van der Waals surface area contributed by atoms with E-state index in [0.29, 0.717) is 18.9 Å². The van der Waals surface area contributed by atoms with Gasteiger partial charge in [-0.3, -0.25) is 0 Å². The van der Waals surface area contributed by atoms with Gasteiger partial charge in [0.1, 0.15) is 5.75 Å². The van der Waals surface area contributed by atoms with Crippen LogP contribution in [0.1, 0.15) is 25.0 Å². The minimum atomic E-state index is -0.624. The Kier molecular flexibility index (Phi) is 4.97. The van der Waals surface area contributed by atoms with E-state index < -0.39 is 6.10 Å². The van der Waals surface area contributed by atoms with Gasteiger partial charge in [-0.1, -0.05) is 18.2 Å². The van der Waals surface area contributed by atoms with Crippen molar-refractivity contribution < 1.29 is 14.3 Å². The molecule has 0 aliphatic heterocycles. The van der Waals surface area contributed by atoms with Crippen LogP contribution in [0.15, 0.2) is 18.2 Å². The molecule has 1 unspecified atom stereocenters. The van der Waals surface area contributed by atoms with E-state index in [2.05, 4.69) is 0 Å². The molecule has 2 N–H and O–H groups in total. The summed E-state index contributed by atoms with van der Waals surface area (Å²) in [5.41, 5.74) is 7.49. The highest BCUT2D eigenvalue weighted by Crippen LogP contribution is 2.24. The van der Waals surface area contributed by atoms with E-state index >= 15 is 0 Å². The summed E-state index contributed by atoms with van der Waals surface area (Å²) < 4.78 is 10.5. The van der Waals surface area contributed by atoms with Gasteiger partial charge in [0, 0.05) is 12.1 Å². The molecule has 1 aromatic rings. The van der Waals surface area contributed by atoms with E-state index in [9.17, 15) is 4.79 Å². The van der Waals surface area contributed by atoms with E-state index in [1.54, 1.807) is 13.8 Å². The molecule has 94 valence electrons. The molecule has 4 nitrogen and oxygen atoms in total. The maximum atomic E-state index is 11.5. The zero-order chi connectivity index (χ0) is 12.8. The van der Waals surface area contributed by atoms with Gasteiger partial charge in [-0.05, 0) is 26.3 Å². The lowest BCUT2D eigenvalue weighted by Crippen LogP contribution is -2.27. The molecule has 0 amide bonds. The molecular formula is C13H19NO3. The maximum absolute atomic E-state index is 11.5. The summed E-state index contributed by atoms with van der Waals surface area (Å²) in [6, 6.07) is 5.73. The average molecular weight is 237 g/mol. The van der Waals surface area contributed by atoms with Crippen molar-refractivity contribution in [3.8, 4) is 5.75 Å². The number of hydrogen-bond acceptors (Lipinski definition) is 4. The minimum absolute atomic E-state index is 0.351. The quantitative estimate of drug-likeness (QED) is 0.793. The number of carbonyl (C=O) groups excluding carboxylic acids is 1. The first-order valence-electron chi connectivity index (χ1n) is 5.72. The number of hydrogen-bond donors (Lipinski definition) is 1. The predicted octanol–water partition coefficient (Wildman–Crippen LogP) is 1.78. The first-order chi connectivity index (χ1) is 8.10. The molecule has 0 fully saturated rings. The number of nitrogens with two attached hydrogens (primary N) is 1. The van der Waals surface area contributed by atoms with Gasteiger partial charge in [0.05, 0.1) is 6.61 Å². The number of ether oxygens (including phenoxy) is 2. The highest BCUT2D eigenvalue weighted by molar-refractivity contribution is 5.74. The molecule has 0 saturated carbocycles. The minimum Gasteiger partial charge on any atom is -0.478 e. The van der Waals surface area contributed by atoms with E-state index in [0.717, 1.165) is 11.1 Å². The lowest BCUT2D eigenvalue weighted by molar-refractivity contribution is -0.150. The van der Waals surface area contributed by atoms with Crippen LogP contribution in [0, 0.1) is 6.92 Å². The van der Waals surface area contributed by atoms with Gasteiger partial charge < -0.3 is 15.2 Å². The van der Waals surface area contributed by atoms with Crippen molar-refractivity contribution >= 4 is 5.97 Å². The molecule has 0 aromatic heterocycles. The van der Waals surface area contributed by atoms with Crippen LogP contribution in [0.2, 0.25) is 0 Å². The maximum Gasteiger partial charge on any atom is 0.347 e. The fourth-order valence-corrected chi connectivity index (χ4v) is 1.53. The number of benzene rings is 1. The van der Waals surface area contributed by atoms with Crippen molar-refractivity contribution in [2.45, 2.75) is 33.4 Å². The van der Waals surface area contributed by atoms with Crippen molar-refractivity contribution in [3.05, 3.63) is 29.3 Å². The van der Waals surface area contributed by atoms with Gasteiger partial charge in [-0.2, -0.15) is 0 Å². The van der Waals surface area contributed by atoms with Crippen LogP contribution in [-0.4, -0.2) is 18.7 Å². The molecule has 0 radical (unpaired) electrons. The third kappa shape index (κ3) is 3.46. The molecule has 0 aliphatic rings. The third-order valence-corrected chi connectivity index (χ3v) is 2.43. The highest BCUT2D eigenvalue weighted by atomic mass is 16.6. The Bertz CT molecular complexity index is 390. The third-order valence-electron chi connectivity index (χ3n) is 2.43. The van der Waals surface area contributed by atoms with Gasteiger partial charge >= 0.3 is 5.97 Å². The first-order valence-corrected chi connectivity index (χ1v) is 5.72. The van der Waals surface area contributed by atoms with Crippen LogP contribution in [0.5, 0.6) is 5.75 Å². The summed E-state index contributed by atoms with van der Waals surface area (Å²) in [7, 11) is 0. The fourth-order valence-electron chi connectivity index (χ4n) is 1.53. The highest BCUT2D eigenvalue weighted by Gasteiger charge is 2.18. The predicted molar refractivity (Wildman–Crippen MR) is 65.8 cm³/mol. The smallest absolute Gasteiger partial charge is 0.347 e. The molecule has 0 bridgehead atoms. The first kappa shape index (κ1) is 13.5. The monoisotopic (exact) mass is 237 g/mol. The molecule has 0 spiro atoms. The average Bonchev–Trinajstić information content (AvgIpc) is 2.31. The largest absolute Gasteiger partial charge is 0.478 e.